The standard InChI is InChI=1S/C16H18N2O2/c1-2-14-12-6-3-7-15(19)13(12)10-18(14)16(20)11-5-4-8-17-9-11/h1,4-5,8-9,12-15,19H,3,6-7,10H2. The molecule has 1 amide bonds. The fourth-order valence-electron chi connectivity index (χ4n) is 3.57. The van der Waals surface area contributed by atoms with Gasteiger partial charge in [-0.1, -0.05) is 12.3 Å². The Morgan fingerprint density at radius 3 is 3.00 bits per heavy atom. The van der Waals surface area contributed by atoms with Gasteiger partial charge in [0.25, 0.3) is 5.91 Å². The summed E-state index contributed by atoms with van der Waals surface area (Å²) in [7, 11) is 0. The van der Waals surface area contributed by atoms with Gasteiger partial charge in [0.2, 0.25) is 0 Å². The molecule has 1 aromatic heterocycles. The number of pyridine rings is 1. The average molecular weight is 270 g/mol. The number of likely N-dealkylation sites (tertiary alicyclic amines) is 1. The van der Waals surface area contributed by atoms with Crippen LogP contribution in [0.2, 0.25) is 0 Å². The SMILES string of the molecule is C#CC1C2CCCC(O)C2CN1C(=O)c1cccnc1. The van der Waals surface area contributed by atoms with E-state index in [1.165, 1.54) is 0 Å². The average Bonchev–Trinajstić information content (AvgIpc) is 2.87. The largest absolute Gasteiger partial charge is 0.393 e. The second kappa shape index (κ2) is 5.26. The van der Waals surface area contributed by atoms with Crippen LogP contribution in [0.1, 0.15) is 29.6 Å². The van der Waals surface area contributed by atoms with E-state index in [0.717, 1.165) is 19.3 Å². The fraction of sp³-hybridized carbons (Fsp3) is 0.500. The molecule has 2 fully saturated rings. The van der Waals surface area contributed by atoms with Crippen LogP contribution in [0.25, 0.3) is 0 Å². The summed E-state index contributed by atoms with van der Waals surface area (Å²) in [6, 6.07) is 3.29. The van der Waals surface area contributed by atoms with Crippen LogP contribution in [0.3, 0.4) is 0 Å². The normalized spacial score (nSPS) is 32.5. The highest BCUT2D eigenvalue weighted by atomic mass is 16.3. The van der Waals surface area contributed by atoms with Gasteiger partial charge in [0.15, 0.2) is 0 Å². The number of terminal acetylenes is 1. The second-order valence-electron chi connectivity index (χ2n) is 5.64. The zero-order valence-electron chi connectivity index (χ0n) is 11.3. The van der Waals surface area contributed by atoms with E-state index < -0.39 is 0 Å². The van der Waals surface area contributed by atoms with Crippen LogP contribution in [0.5, 0.6) is 0 Å². The molecule has 4 nitrogen and oxygen atoms in total. The molecule has 0 bridgehead atoms. The summed E-state index contributed by atoms with van der Waals surface area (Å²) in [5.74, 6) is 3.02. The van der Waals surface area contributed by atoms with Gasteiger partial charge in [-0.2, -0.15) is 0 Å². The minimum absolute atomic E-state index is 0.0809. The quantitative estimate of drug-likeness (QED) is 0.783. The minimum atomic E-state index is -0.337. The number of hydrogen-bond donors (Lipinski definition) is 1. The minimum Gasteiger partial charge on any atom is -0.393 e. The van der Waals surface area contributed by atoms with Gasteiger partial charge in [-0.05, 0) is 30.9 Å². The van der Waals surface area contributed by atoms with E-state index in [9.17, 15) is 9.90 Å². The summed E-state index contributed by atoms with van der Waals surface area (Å²) in [6.45, 7) is 0.550. The fourth-order valence-corrected chi connectivity index (χ4v) is 3.57. The monoisotopic (exact) mass is 270 g/mol. The first-order valence-corrected chi connectivity index (χ1v) is 7.07. The maximum atomic E-state index is 12.6. The van der Waals surface area contributed by atoms with Crippen molar-refractivity contribution in [2.75, 3.05) is 6.54 Å². The van der Waals surface area contributed by atoms with Crippen LogP contribution in [0.4, 0.5) is 0 Å². The molecule has 1 aromatic rings. The van der Waals surface area contributed by atoms with Gasteiger partial charge < -0.3 is 10.0 Å². The molecule has 2 heterocycles. The third-order valence-corrected chi connectivity index (χ3v) is 4.57. The topological polar surface area (TPSA) is 53.4 Å². The van der Waals surface area contributed by atoms with E-state index in [1.807, 2.05) is 0 Å². The molecule has 0 aromatic carbocycles. The molecule has 0 radical (unpaired) electrons. The van der Waals surface area contributed by atoms with E-state index in [2.05, 4.69) is 10.9 Å². The molecule has 1 aliphatic carbocycles. The lowest BCUT2D eigenvalue weighted by molar-refractivity contribution is 0.0524. The van der Waals surface area contributed by atoms with Crippen molar-refractivity contribution in [3.8, 4) is 12.3 Å². The number of nitrogens with zero attached hydrogens (tertiary/aromatic N) is 2. The summed E-state index contributed by atoms with van der Waals surface area (Å²) in [5, 5.41) is 10.1. The van der Waals surface area contributed by atoms with Gasteiger partial charge in [-0.15, -0.1) is 6.42 Å². The van der Waals surface area contributed by atoms with Crippen molar-refractivity contribution in [1.29, 1.82) is 0 Å². The zero-order valence-corrected chi connectivity index (χ0v) is 11.3. The molecule has 1 aliphatic heterocycles. The van der Waals surface area contributed by atoms with Gasteiger partial charge >= 0.3 is 0 Å². The Morgan fingerprint density at radius 2 is 2.30 bits per heavy atom. The number of aliphatic hydroxyl groups excluding tert-OH is 1. The predicted octanol–water partition coefficient (Wildman–Crippen LogP) is 1.32. The number of aliphatic hydroxyl groups is 1. The number of carbonyl (C=O) groups excluding carboxylic acids is 1. The number of amides is 1. The summed E-state index contributed by atoms with van der Waals surface area (Å²) in [5.41, 5.74) is 0.556. The molecule has 4 heteroatoms. The van der Waals surface area contributed by atoms with Gasteiger partial charge in [0.05, 0.1) is 17.7 Å². The van der Waals surface area contributed by atoms with Gasteiger partial charge in [0, 0.05) is 24.9 Å². The molecule has 0 spiro atoms. The molecule has 4 atom stereocenters. The van der Waals surface area contributed by atoms with Crippen molar-refractivity contribution in [3.63, 3.8) is 0 Å². The van der Waals surface area contributed by atoms with E-state index >= 15 is 0 Å². The summed E-state index contributed by atoms with van der Waals surface area (Å²) < 4.78 is 0. The third-order valence-electron chi connectivity index (χ3n) is 4.57. The first kappa shape index (κ1) is 13.1. The van der Waals surface area contributed by atoms with Crippen LogP contribution < -0.4 is 0 Å². The summed E-state index contributed by atoms with van der Waals surface area (Å²) >= 11 is 0. The Morgan fingerprint density at radius 1 is 1.45 bits per heavy atom. The van der Waals surface area contributed by atoms with E-state index in [0.29, 0.717) is 12.1 Å². The lowest BCUT2D eigenvalue weighted by Gasteiger charge is -2.30. The molecule has 20 heavy (non-hydrogen) atoms. The van der Waals surface area contributed by atoms with Crippen LogP contribution in [-0.2, 0) is 0 Å². The highest BCUT2D eigenvalue weighted by Gasteiger charge is 2.47. The molecule has 3 rings (SSSR count). The summed E-state index contributed by atoms with van der Waals surface area (Å²) in [6.07, 6.45) is 11.3. The van der Waals surface area contributed by atoms with Crippen LogP contribution in [-0.4, -0.2) is 39.6 Å². The maximum absolute atomic E-state index is 12.6. The molecule has 4 unspecified atom stereocenters. The predicted molar refractivity (Wildman–Crippen MR) is 74.7 cm³/mol. The Labute approximate surface area is 118 Å². The molecule has 1 N–H and O–H groups in total. The molecule has 1 saturated carbocycles. The lowest BCUT2D eigenvalue weighted by atomic mass is 9.77. The van der Waals surface area contributed by atoms with E-state index in [4.69, 9.17) is 6.42 Å². The van der Waals surface area contributed by atoms with Crippen molar-refractivity contribution < 1.29 is 9.90 Å². The molecule has 1 saturated heterocycles. The molecular weight excluding hydrogens is 252 g/mol. The Bertz CT molecular complexity index is 537. The van der Waals surface area contributed by atoms with Gasteiger partial charge in [-0.3, -0.25) is 9.78 Å². The van der Waals surface area contributed by atoms with E-state index in [-0.39, 0.29) is 29.9 Å². The van der Waals surface area contributed by atoms with Crippen LogP contribution in [0.15, 0.2) is 24.5 Å². The van der Waals surface area contributed by atoms with Crippen LogP contribution in [0, 0.1) is 24.2 Å². The Hall–Kier alpha value is -1.86. The number of fused-ring (bicyclic) bond motifs is 1. The first-order valence-electron chi connectivity index (χ1n) is 7.07. The lowest BCUT2D eigenvalue weighted by Crippen LogP contribution is -2.37. The first-order chi connectivity index (χ1) is 9.72. The van der Waals surface area contributed by atoms with Crippen molar-refractivity contribution in [2.45, 2.75) is 31.4 Å². The second-order valence-corrected chi connectivity index (χ2v) is 5.64. The Kier molecular flexibility index (Phi) is 3.45. The number of rotatable bonds is 1. The van der Waals surface area contributed by atoms with Crippen LogP contribution >= 0.6 is 0 Å². The van der Waals surface area contributed by atoms with Crippen molar-refractivity contribution in [1.82, 2.24) is 9.88 Å². The number of carbonyl (C=O) groups is 1. The van der Waals surface area contributed by atoms with E-state index in [1.54, 1.807) is 29.4 Å². The van der Waals surface area contributed by atoms with Crippen molar-refractivity contribution in [3.05, 3.63) is 30.1 Å². The van der Waals surface area contributed by atoms with Gasteiger partial charge in [-0.25, -0.2) is 0 Å². The van der Waals surface area contributed by atoms with Crippen molar-refractivity contribution >= 4 is 5.91 Å². The third kappa shape index (κ3) is 2.08. The van der Waals surface area contributed by atoms with Crippen molar-refractivity contribution in [2.24, 2.45) is 11.8 Å². The Balaban J connectivity index is 1.87. The van der Waals surface area contributed by atoms with Gasteiger partial charge in [0.1, 0.15) is 0 Å². The number of aromatic nitrogens is 1. The molecular formula is C16H18N2O2. The summed E-state index contributed by atoms with van der Waals surface area (Å²) in [4.78, 5) is 18.3. The smallest absolute Gasteiger partial charge is 0.256 e. The number of hydrogen-bond acceptors (Lipinski definition) is 3. The highest BCUT2D eigenvalue weighted by molar-refractivity contribution is 5.94. The molecule has 2 aliphatic rings. The zero-order chi connectivity index (χ0) is 14.1. The molecule has 104 valence electrons. The highest BCUT2D eigenvalue weighted by Crippen LogP contribution is 2.40. The maximum Gasteiger partial charge on any atom is 0.256 e.